The predicted molar refractivity (Wildman–Crippen MR) is 52.0 cm³/mol. The molecule has 3 nitrogen and oxygen atoms in total. The Morgan fingerprint density at radius 1 is 1.38 bits per heavy atom. The lowest BCUT2D eigenvalue weighted by Gasteiger charge is -2.33. The molecule has 1 N–H and O–H groups in total. The number of rotatable bonds is 2. The fourth-order valence-corrected chi connectivity index (χ4v) is 1.26. The predicted octanol–water partition coefficient (Wildman–Crippen LogP) is 1.77. The minimum absolute atomic E-state index is 0.240. The number of benzene rings is 1. The monoisotopic (exact) mass is 181 g/mol. The molecule has 0 heterocycles. The van der Waals surface area contributed by atoms with Gasteiger partial charge in [0.15, 0.2) is 0 Å². The average molecular weight is 181 g/mol. The number of phenols is 1. The summed E-state index contributed by atoms with van der Waals surface area (Å²) in [6, 6.07) is 5.45. The fourth-order valence-electron chi connectivity index (χ4n) is 1.26. The Bertz CT molecular complexity index is 302. The van der Waals surface area contributed by atoms with Crippen molar-refractivity contribution in [2.45, 2.75) is 13.5 Å². The summed E-state index contributed by atoms with van der Waals surface area (Å²) in [4.78, 5) is 0. The second kappa shape index (κ2) is 3.36. The van der Waals surface area contributed by atoms with Crippen molar-refractivity contribution in [2.75, 3.05) is 14.1 Å². The Morgan fingerprint density at radius 2 is 2.00 bits per heavy atom. The first kappa shape index (κ1) is 10.0. The molecule has 0 aliphatic heterocycles. The van der Waals surface area contributed by atoms with E-state index in [0.29, 0.717) is 12.1 Å². The van der Waals surface area contributed by atoms with Gasteiger partial charge < -0.3 is 15.0 Å². The number of hydrogen-bond acceptors (Lipinski definition) is 2. The van der Waals surface area contributed by atoms with Crippen LogP contribution in [0.15, 0.2) is 18.2 Å². The van der Waals surface area contributed by atoms with Gasteiger partial charge >= 0.3 is 0 Å². The highest BCUT2D eigenvalue weighted by Gasteiger charge is 2.09. The van der Waals surface area contributed by atoms with Gasteiger partial charge in [0.05, 0.1) is 14.1 Å². The van der Waals surface area contributed by atoms with Crippen LogP contribution in [-0.4, -0.2) is 23.8 Å². The van der Waals surface area contributed by atoms with Crippen LogP contribution in [-0.2, 0) is 6.54 Å². The zero-order valence-corrected chi connectivity index (χ0v) is 8.24. The summed E-state index contributed by atoms with van der Waals surface area (Å²) in [7, 11) is 3.11. The summed E-state index contributed by atoms with van der Waals surface area (Å²) >= 11 is 0. The Kier molecular flexibility index (Phi) is 2.59. The van der Waals surface area contributed by atoms with Crippen LogP contribution in [0.25, 0.3) is 0 Å². The number of para-hydroxylation sites is 1. The Morgan fingerprint density at radius 3 is 2.54 bits per heavy atom. The lowest BCUT2D eigenvalue weighted by Crippen LogP contribution is -2.31. The summed E-state index contributed by atoms with van der Waals surface area (Å²) in [6.45, 7) is 2.12. The molecule has 0 aromatic heterocycles. The third kappa shape index (κ3) is 2.72. The van der Waals surface area contributed by atoms with E-state index in [1.165, 1.54) is 0 Å². The zero-order valence-electron chi connectivity index (χ0n) is 8.24. The van der Waals surface area contributed by atoms with Gasteiger partial charge in [0, 0.05) is 5.56 Å². The van der Waals surface area contributed by atoms with Crippen LogP contribution < -0.4 is 0 Å². The maximum absolute atomic E-state index is 11.4. The Labute approximate surface area is 78.4 Å². The van der Waals surface area contributed by atoms with Crippen LogP contribution in [0.2, 0.25) is 0 Å². The summed E-state index contributed by atoms with van der Waals surface area (Å²) in [5.74, 6) is 0.240. The largest absolute Gasteiger partial charge is 0.633 e. The standard InChI is InChI=1S/C10H15NO2/c1-8-5-4-6-9(10(8)12)7-11(2,3)13/h4-6,12H,7H2,1-3H3. The van der Waals surface area contributed by atoms with Gasteiger partial charge in [-0.3, -0.25) is 0 Å². The summed E-state index contributed by atoms with van der Waals surface area (Å²) < 4.78 is -0.420. The van der Waals surface area contributed by atoms with Crippen molar-refractivity contribution in [1.82, 2.24) is 0 Å². The van der Waals surface area contributed by atoms with Gasteiger partial charge in [-0.1, -0.05) is 12.1 Å². The van der Waals surface area contributed by atoms with E-state index in [0.717, 1.165) is 5.56 Å². The summed E-state index contributed by atoms with van der Waals surface area (Å²) in [6.07, 6.45) is 0. The minimum Gasteiger partial charge on any atom is -0.633 e. The highest BCUT2D eigenvalue weighted by atomic mass is 16.5. The van der Waals surface area contributed by atoms with Gasteiger partial charge in [-0.25, -0.2) is 0 Å². The Hall–Kier alpha value is -1.06. The molecule has 1 rings (SSSR count). The lowest BCUT2D eigenvalue weighted by molar-refractivity contribution is -0.853. The van der Waals surface area contributed by atoms with E-state index >= 15 is 0 Å². The topological polar surface area (TPSA) is 43.3 Å². The average Bonchev–Trinajstić information content (AvgIpc) is 1.96. The van der Waals surface area contributed by atoms with E-state index in [-0.39, 0.29) is 5.75 Å². The second-order valence-corrected chi connectivity index (χ2v) is 3.81. The molecular weight excluding hydrogens is 166 g/mol. The first-order chi connectivity index (χ1) is 5.90. The maximum atomic E-state index is 11.4. The van der Waals surface area contributed by atoms with Gasteiger partial charge in [-0.2, -0.15) is 0 Å². The van der Waals surface area contributed by atoms with E-state index < -0.39 is 4.65 Å². The van der Waals surface area contributed by atoms with Crippen molar-refractivity contribution in [3.63, 3.8) is 0 Å². The third-order valence-electron chi connectivity index (χ3n) is 1.87. The van der Waals surface area contributed by atoms with Crippen molar-refractivity contribution in [2.24, 2.45) is 0 Å². The van der Waals surface area contributed by atoms with Crippen LogP contribution in [0.4, 0.5) is 0 Å². The van der Waals surface area contributed by atoms with Crippen LogP contribution in [0, 0.1) is 12.1 Å². The van der Waals surface area contributed by atoms with E-state index in [1.54, 1.807) is 20.2 Å². The molecule has 72 valence electrons. The first-order valence-electron chi connectivity index (χ1n) is 4.21. The Balaban J connectivity index is 2.96. The van der Waals surface area contributed by atoms with Gasteiger partial charge in [0.2, 0.25) is 0 Å². The minimum atomic E-state index is -0.420. The molecule has 0 bridgehead atoms. The second-order valence-electron chi connectivity index (χ2n) is 3.81. The third-order valence-corrected chi connectivity index (χ3v) is 1.87. The quantitative estimate of drug-likeness (QED) is 0.558. The van der Waals surface area contributed by atoms with Crippen molar-refractivity contribution in [1.29, 1.82) is 0 Å². The molecule has 0 saturated heterocycles. The van der Waals surface area contributed by atoms with E-state index in [4.69, 9.17) is 0 Å². The van der Waals surface area contributed by atoms with Crippen LogP contribution >= 0.6 is 0 Å². The molecule has 0 spiro atoms. The molecule has 0 aliphatic carbocycles. The molecule has 1 aromatic carbocycles. The van der Waals surface area contributed by atoms with Crippen LogP contribution in [0.1, 0.15) is 11.1 Å². The van der Waals surface area contributed by atoms with Gasteiger partial charge in [0.1, 0.15) is 12.3 Å². The number of aryl methyl sites for hydroxylation is 1. The highest BCUT2D eigenvalue weighted by Crippen LogP contribution is 2.23. The molecule has 0 unspecified atom stereocenters. The first-order valence-corrected chi connectivity index (χ1v) is 4.21. The van der Waals surface area contributed by atoms with Crippen molar-refractivity contribution in [3.8, 4) is 5.75 Å². The highest BCUT2D eigenvalue weighted by molar-refractivity contribution is 5.38. The van der Waals surface area contributed by atoms with Gasteiger partial charge in [0.25, 0.3) is 0 Å². The molecule has 0 radical (unpaired) electrons. The smallest absolute Gasteiger partial charge is 0.127 e. The summed E-state index contributed by atoms with van der Waals surface area (Å²) in [5, 5.41) is 21.0. The molecule has 0 fully saturated rings. The number of phenolic OH excluding ortho intramolecular Hbond substituents is 1. The summed E-state index contributed by atoms with van der Waals surface area (Å²) in [5.41, 5.74) is 1.52. The number of hydroxylamine groups is 3. The molecule has 13 heavy (non-hydrogen) atoms. The fraction of sp³-hybridized carbons (Fsp3) is 0.400. The van der Waals surface area contributed by atoms with Crippen molar-refractivity contribution in [3.05, 3.63) is 34.5 Å². The maximum Gasteiger partial charge on any atom is 0.127 e. The van der Waals surface area contributed by atoms with Gasteiger partial charge in [-0.15, -0.1) is 0 Å². The number of hydrogen-bond donors (Lipinski definition) is 1. The number of aromatic hydroxyl groups is 1. The number of nitrogens with zero attached hydrogens (tertiary/aromatic N) is 1. The van der Waals surface area contributed by atoms with E-state index in [2.05, 4.69) is 0 Å². The van der Waals surface area contributed by atoms with Gasteiger partial charge in [-0.05, 0) is 18.6 Å². The zero-order chi connectivity index (χ0) is 10.1. The van der Waals surface area contributed by atoms with Crippen molar-refractivity contribution >= 4 is 0 Å². The van der Waals surface area contributed by atoms with E-state index in [1.807, 2.05) is 19.1 Å². The van der Waals surface area contributed by atoms with Crippen LogP contribution in [0.5, 0.6) is 5.75 Å². The SMILES string of the molecule is Cc1cccc(C[N+](C)(C)[O-])c1O. The molecule has 0 amide bonds. The lowest BCUT2D eigenvalue weighted by atomic mass is 10.1. The molecule has 0 atom stereocenters. The molecule has 0 saturated carbocycles. The normalized spacial score (nSPS) is 11.7. The molecule has 1 aromatic rings. The molecular formula is C10H15NO2. The molecule has 0 aliphatic rings. The van der Waals surface area contributed by atoms with E-state index in [9.17, 15) is 10.3 Å². The number of quaternary nitrogens is 1. The molecule has 3 heteroatoms. The van der Waals surface area contributed by atoms with Crippen LogP contribution in [0.3, 0.4) is 0 Å². The van der Waals surface area contributed by atoms with Crippen molar-refractivity contribution < 1.29 is 9.75 Å².